The standard InChI is InChI=1S/C13H10FNO2/c14-10-6-7-11(12(16)8-10)15-13(17)9-4-2-1-3-5-9/h1-8,16H,(H,15,17). The topological polar surface area (TPSA) is 49.3 Å². The lowest BCUT2D eigenvalue weighted by Gasteiger charge is -2.07. The van der Waals surface area contributed by atoms with Crippen LogP contribution in [0.15, 0.2) is 48.5 Å². The van der Waals surface area contributed by atoms with Crippen LogP contribution in [0, 0.1) is 5.82 Å². The molecule has 0 spiro atoms. The Kier molecular flexibility index (Phi) is 3.05. The fraction of sp³-hybridized carbons (Fsp3) is 0. The highest BCUT2D eigenvalue weighted by atomic mass is 19.1. The maximum Gasteiger partial charge on any atom is 0.255 e. The largest absolute Gasteiger partial charge is 0.506 e. The highest BCUT2D eigenvalue weighted by Gasteiger charge is 2.08. The van der Waals surface area contributed by atoms with Crippen molar-refractivity contribution in [2.24, 2.45) is 0 Å². The van der Waals surface area contributed by atoms with Gasteiger partial charge in [-0.2, -0.15) is 0 Å². The van der Waals surface area contributed by atoms with Crippen molar-refractivity contribution in [1.29, 1.82) is 0 Å². The lowest BCUT2D eigenvalue weighted by atomic mass is 10.2. The molecule has 0 saturated carbocycles. The van der Waals surface area contributed by atoms with Gasteiger partial charge in [0.2, 0.25) is 0 Å². The van der Waals surface area contributed by atoms with E-state index >= 15 is 0 Å². The zero-order chi connectivity index (χ0) is 12.3. The Balaban J connectivity index is 2.19. The number of nitrogens with one attached hydrogen (secondary N) is 1. The first-order chi connectivity index (χ1) is 8.16. The van der Waals surface area contributed by atoms with E-state index in [9.17, 15) is 14.3 Å². The van der Waals surface area contributed by atoms with Crippen LogP contribution >= 0.6 is 0 Å². The lowest BCUT2D eigenvalue weighted by Crippen LogP contribution is -2.11. The van der Waals surface area contributed by atoms with Gasteiger partial charge in [0.05, 0.1) is 5.69 Å². The van der Waals surface area contributed by atoms with E-state index in [0.29, 0.717) is 5.56 Å². The SMILES string of the molecule is O=C(Nc1ccc(F)cc1O)c1ccccc1. The Hall–Kier alpha value is -2.36. The van der Waals surface area contributed by atoms with E-state index in [0.717, 1.165) is 6.07 Å². The number of carbonyl (C=O) groups is 1. The monoisotopic (exact) mass is 231 g/mol. The fourth-order valence-electron chi connectivity index (χ4n) is 1.39. The first kappa shape index (κ1) is 11.1. The first-order valence-corrected chi connectivity index (χ1v) is 5.02. The molecule has 1 amide bonds. The number of hydrogen-bond acceptors (Lipinski definition) is 2. The van der Waals surface area contributed by atoms with Crippen LogP contribution in [0.3, 0.4) is 0 Å². The van der Waals surface area contributed by atoms with Crippen LogP contribution in [0.4, 0.5) is 10.1 Å². The van der Waals surface area contributed by atoms with Crippen molar-refractivity contribution in [3.63, 3.8) is 0 Å². The van der Waals surface area contributed by atoms with Crippen molar-refractivity contribution in [3.05, 3.63) is 59.9 Å². The molecule has 0 aliphatic heterocycles. The molecule has 0 atom stereocenters. The normalized spacial score (nSPS) is 9.94. The van der Waals surface area contributed by atoms with Gasteiger partial charge in [0.15, 0.2) is 0 Å². The number of phenols is 1. The average Bonchev–Trinajstić information content (AvgIpc) is 2.34. The number of halogens is 1. The van der Waals surface area contributed by atoms with Crippen molar-refractivity contribution in [3.8, 4) is 5.75 Å². The molecule has 0 aliphatic carbocycles. The Morgan fingerprint density at radius 3 is 2.47 bits per heavy atom. The predicted molar refractivity (Wildman–Crippen MR) is 62.5 cm³/mol. The molecule has 2 rings (SSSR count). The molecule has 2 aromatic carbocycles. The number of aromatic hydroxyl groups is 1. The van der Waals surface area contributed by atoms with Gasteiger partial charge in [-0.05, 0) is 24.3 Å². The molecule has 0 aromatic heterocycles. The summed E-state index contributed by atoms with van der Waals surface area (Å²) < 4.78 is 12.7. The van der Waals surface area contributed by atoms with Crippen LogP contribution in [0.5, 0.6) is 5.75 Å². The summed E-state index contributed by atoms with van der Waals surface area (Å²) >= 11 is 0. The molecule has 2 aromatic rings. The number of phenolic OH excluding ortho intramolecular Hbond substituents is 1. The molecular weight excluding hydrogens is 221 g/mol. The molecule has 0 unspecified atom stereocenters. The summed E-state index contributed by atoms with van der Waals surface area (Å²) in [6.45, 7) is 0. The summed E-state index contributed by atoms with van der Waals surface area (Å²) in [5, 5.41) is 11.9. The Morgan fingerprint density at radius 1 is 1.12 bits per heavy atom. The van der Waals surface area contributed by atoms with Crippen molar-refractivity contribution < 1.29 is 14.3 Å². The molecule has 2 N–H and O–H groups in total. The number of hydrogen-bond donors (Lipinski definition) is 2. The zero-order valence-electron chi connectivity index (χ0n) is 8.85. The molecular formula is C13H10FNO2. The fourth-order valence-corrected chi connectivity index (χ4v) is 1.39. The van der Waals surface area contributed by atoms with Gasteiger partial charge in [0, 0.05) is 11.6 Å². The van der Waals surface area contributed by atoms with Gasteiger partial charge < -0.3 is 10.4 Å². The van der Waals surface area contributed by atoms with Gasteiger partial charge in [-0.25, -0.2) is 4.39 Å². The second kappa shape index (κ2) is 4.65. The van der Waals surface area contributed by atoms with E-state index in [-0.39, 0.29) is 17.3 Å². The van der Waals surface area contributed by atoms with Gasteiger partial charge >= 0.3 is 0 Å². The van der Waals surface area contributed by atoms with E-state index < -0.39 is 5.82 Å². The van der Waals surface area contributed by atoms with Crippen LogP contribution in [-0.4, -0.2) is 11.0 Å². The van der Waals surface area contributed by atoms with Crippen molar-refractivity contribution in [2.45, 2.75) is 0 Å². The summed E-state index contributed by atoms with van der Waals surface area (Å²) in [5.41, 5.74) is 0.650. The lowest BCUT2D eigenvalue weighted by molar-refractivity contribution is 0.102. The third kappa shape index (κ3) is 2.60. The number of amides is 1. The summed E-state index contributed by atoms with van der Waals surface area (Å²) in [6, 6.07) is 12.0. The molecule has 0 aliphatic rings. The highest BCUT2D eigenvalue weighted by Crippen LogP contribution is 2.23. The number of anilines is 1. The van der Waals surface area contributed by atoms with E-state index in [4.69, 9.17) is 0 Å². The molecule has 3 nitrogen and oxygen atoms in total. The highest BCUT2D eigenvalue weighted by molar-refractivity contribution is 6.04. The third-order valence-electron chi connectivity index (χ3n) is 2.24. The van der Waals surface area contributed by atoms with Gasteiger partial charge in [-0.15, -0.1) is 0 Å². The maximum atomic E-state index is 12.7. The van der Waals surface area contributed by atoms with Crippen LogP contribution in [0.1, 0.15) is 10.4 Å². The van der Waals surface area contributed by atoms with Crippen molar-refractivity contribution >= 4 is 11.6 Å². The quantitative estimate of drug-likeness (QED) is 0.781. The second-order valence-corrected chi connectivity index (χ2v) is 3.48. The second-order valence-electron chi connectivity index (χ2n) is 3.48. The van der Waals surface area contributed by atoms with Gasteiger partial charge in [0.25, 0.3) is 5.91 Å². The van der Waals surface area contributed by atoms with E-state index in [2.05, 4.69) is 5.32 Å². The Morgan fingerprint density at radius 2 is 1.82 bits per heavy atom. The first-order valence-electron chi connectivity index (χ1n) is 5.02. The van der Waals surface area contributed by atoms with Gasteiger partial charge in [0.1, 0.15) is 11.6 Å². The minimum absolute atomic E-state index is 0.181. The summed E-state index contributed by atoms with van der Waals surface area (Å²) in [7, 11) is 0. The number of carbonyl (C=O) groups excluding carboxylic acids is 1. The van der Waals surface area contributed by atoms with Gasteiger partial charge in [-0.3, -0.25) is 4.79 Å². The zero-order valence-corrected chi connectivity index (χ0v) is 8.85. The van der Waals surface area contributed by atoms with Gasteiger partial charge in [-0.1, -0.05) is 18.2 Å². The molecule has 17 heavy (non-hydrogen) atoms. The van der Waals surface area contributed by atoms with Crippen molar-refractivity contribution in [2.75, 3.05) is 5.32 Å². The van der Waals surface area contributed by atoms with Crippen LogP contribution in [0.2, 0.25) is 0 Å². The maximum absolute atomic E-state index is 12.7. The summed E-state index contributed by atoms with van der Waals surface area (Å²) in [4.78, 5) is 11.7. The van der Waals surface area contributed by atoms with Crippen molar-refractivity contribution in [1.82, 2.24) is 0 Å². The molecule has 86 valence electrons. The molecule has 0 fully saturated rings. The Labute approximate surface area is 97.5 Å². The smallest absolute Gasteiger partial charge is 0.255 e. The van der Waals surface area contributed by atoms with E-state index in [1.165, 1.54) is 12.1 Å². The predicted octanol–water partition coefficient (Wildman–Crippen LogP) is 2.78. The van der Waals surface area contributed by atoms with Crippen LogP contribution < -0.4 is 5.32 Å². The number of rotatable bonds is 2. The number of benzene rings is 2. The summed E-state index contributed by atoms with van der Waals surface area (Å²) in [6.07, 6.45) is 0. The molecule has 0 bridgehead atoms. The summed E-state index contributed by atoms with van der Waals surface area (Å²) in [5.74, 6) is -1.21. The van der Waals surface area contributed by atoms with E-state index in [1.54, 1.807) is 30.3 Å². The van der Waals surface area contributed by atoms with Crippen LogP contribution in [-0.2, 0) is 0 Å². The van der Waals surface area contributed by atoms with Crippen LogP contribution in [0.25, 0.3) is 0 Å². The average molecular weight is 231 g/mol. The third-order valence-corrected chi connectivity index (χ3v) is 2.24. The molecule has 4 heteroatoms. The molecule has 0 heterocycles. The molecule has 0 saturated heterocycles. The van der Waals surface area contributed by atoms with E-state index in [1.807, 2.05) is 0 Å². The minimum atomic E-state index is -0.555. The Bertz CT molecular complexity index is 540. The molecule has 0 radical (unpaired) electrons. The minimum Gasteiger partial charge on any atom is -0.506 e.